The van der Waals surface area contributed by atoms with Crippen LogP contribution in [0.4, 0.5) is 11.4 Å². The maximum Gasteiger partial charge on any atom is 0.210 e. The van der Waals surface area contributed by atoms with Gasteiger partial charge in [-0.25, -0.2) is 0 Å². The van der Waals surface area contributed by atoms with E-state index in [9.17, 15) is 0 Å². The summed E-state index contributed by atoms with van der Waals surface area (Å²) >= 11 is 4.00. The van der Waals surface area contributed by atoms with Crippen molar-refractivity contribution >= 4 is 33.0 Å². The fraction of sp³-hybridized carbons (Fsp3) is 0.417. The number of ether oxygens (including phenoxy) is 2. The molecule has 5 rings (SSSR count). The van der Waals surface area contributed by atoms with E-state index in [1.807, 2.05) is 0 Å². The van der Waals surface area contributed by atoms with Crippen molar-refractivity contribution < 1.29 is 14.0 Å². The lowest BCUT2D eigenvalue weighted by molar-refractivity contribution is -0.401. The average Bonchev–Trinajstić information content (AvgIpc) is 3.22. The van der Waals surface area contributed by atoms with Crippen molar-refractivity contribution in [3.63, 3.8) is 0 Å². The van der Waals surface area contributed by atoms with Crippen molar-refractivity contribution in [2.75, 3.05) is 33.2 Å². The van der Waals surface area contributed by atoms with Crippen molar-refractivity contribution in [3.8, 4) is 11.5 Å². The van der Waals surface area contributed by atoms with E-state index < -0.39 is 0 Å². The van der Waals surface area contributed by atoms with Gasteiger partial charge >= 0.3 is 0 Å². The Morgan fingerprint density at radius 3 is 2.15 bits per heavy atom. The van der Waals surface area contributed by atoms with Gasteiger partial charge in [0.25, 0.3) is 0 Å². The summed E-state index contributed by atoms with van der Waals surface area (Å²) in [6.07, 6.45) is 12.6. The number of rotatable bonds is 5. The molecule has 0 bridgehead atoms. The van der Waals surface area contributed by atoms with Crippen LogP contribution in [0, 0.1) is 13.8 Å². The Labute approximate surface area is 254 Å². The lowest BCUT2D eigenvalue weighted by Crippen LogP contribution is -2.26. The van der Waals surface area contributed by atoms with E-state index >= 15 is 0 Å². The van der Waals surface area contributed by atoms with Gasteiger partial charge in [-0.1, -0.05) is 41.9 Å². The highest BCUT2D eigenvalue weighted by atomic mass is 79.9. The quantitative estimate of drug-likeness (QED) is 0.314. The van der Waals surface area contributed by atoms with Crippen LogP contribution in [0.1, 0.15) is 69.2 Å². The highest BCUT2D eigenvalue weighted by molar-refractivity contribution is 9.12. The van der Waals surface area contributed by atoms with Gasteiger partial charge in [-0.2, -0.15) is 4.58 Å². The predicted molar refractivity (Wildman–Crippen MR) is 176 cm³/mol. The molecule has 1 aliphatic carbocycles. The van der Waals surface area contributed by atoms with Crippen LogP contribution in [-0.4, -0.2) is 38.6 Å². The Bertz CT molecular complexity index is 1580. The molecule has 0 spiro atoms. The van der Waals surface area contributed by atoms with Crippen molar-refractivity contribution in [2.24, 2.45) is 0 Å². The maximum atomic E-state index is 5.65. The topological polar surface area (TPSA) is 24.7 Å². The van der Waals surface area contributed by atoms with E-state index in [1.165, 1.54) is 49.5 Å². The monoisotopic (exact) mass is 615 g/mol. The minimum absolute atomic E-state index is 0.110. The lowest BCUT2D eigenvalue weighted by Gasteiger charge is -2.24. The minimum Gasteiger partial charge on any atom is -0.496 e. The number of aryl methyl sites for hydroxylation is 2. The predicted octanol–water partition coefficient (Wildman–Crippen LogP) is 8.95. The molecule has 216 valence electrons. The van der Waals surface area contributed by atoms with Gasteiger partial charge in [0.1, 0.15) is 18.5 Å². The normalized spacial score (nSPS) is 21.4. The molecule has 0 atom stereocenters. The summed E-state index contributed by atoms with van der Waals surface area (Å²) in [5.41, 5.74) is 12.5. The standard InChI is InChI=1S/C36H44BrN2O2/c1-22-18-28-26(20-30(22)40-9)35(3,4)32(38(28)7)16-14-24-12-11-13-25(34(24)37)15-17-33-36(5,6)27-21-31(41-10)23(2)19-29(27)39(33)8/h14-21H,11-13H2,1-10H3/q+1. The molecular weight excluding hydrogens is 572 g/mol. The molecule has 0 saturated carbocycles. The number of benzene rings is 2. The molecule has 5 heteroatoms. The molecule has 2 aromatic carbocycles. The molecule has 2 heterocycles. The average molecular weight is 617 g/mol. The zero-order valence-electron chi connectivity index (χ0n) is 26.3. The highest BCUT2D eigenvalue weighted by Crippen LogP contribution is 2.49. The van der Waals surface area contributed by atoms with Crippen LogP contribution in [0.2, 0.25) is 0 Å². The fourth-order valence-electron chi connectivity index (χ4n) is 6.92. The Hall–Kier alpha value is -3.05. The summed E-state index contributed by atoms with van der Waals surface area (Å²) in [7, 11) is 7.86. The van der Waals surface area contributed by atoms with Gasteiger partial charge in [0, 0.05) is 46.0 Å². The van der Waals surface area contributed by atoms with Gasteiger partial charge in [-0.05, 0) is 99.1 Å². The Morgan fingerprint density at radius 2 is 1.49 bits per heavy atom. The smallest absolute Gasteiger partial charge is 0.210 e. The first-order valence-electron chi connectivity index (χ1n) is 14.5. The van der Waals surface area contributed by atoms with Gasteiger partial charge in [0.05, 0.1) is 19.6 Å². The number of likely N-dealkylation sites (N-methyl/N-ethyl adjacent to an activating group) is 1. The molecule has 0 fully saturated rings. The first kappa shape index (κ1) is 29.4. The van der Waals surface area contributed by atoms with Crippen LogP contribution in [0.15, 0.2) is 69.9 Å². The SMILES string of the molecule is COc1cc2c(cc1C)[N+](C)=C(/C=C/C1=C(Br)C(=C/C=C3\N(C)c4cc(C)c(OC)cc4C3(C)C)/CCC1)C2(C)C. The third-order valence-electron chi connectivity index (χ3n) is 9.44. The molecule has 2 aromatic rings. The number of allylic oxidation sites excluding steroid dienone is 8. The largest absolute Gasteiger partial charge is 0.496 e. The van der Waals surface area contributed by atoms with Gasteiger partial charge in [0.2, 0.25) is 5.69 Å². The third kappa shape index (κ3) is 4.80. The summed E-state index contributed by atoms with van der Waals surface area (Å²) in [6.45, 7) is 13.5. The van der Waals surface area contributed by atoms with Gasteiger partial charge in [-0.15, -0.1) is 0 Å². The van der Waals surface area contributed by atoms with Crippen molar-refractivity contribution in [1.82, 2.24) is 0 Å². The van der Waals surface area contributed by atoms with Crippen LogP contribution in [-0.2, 0) is 10.8 Å². The van der Waals surface area contributed by atoms with Crippen molar-refractivity contribution in [1.29, 1.82) is 0 Å². The summed E-state index contributed by atoms with van der Waals surface area (Å²) < 4.78 is 14.9. The number of fused-ring (bicyclic) bond motifs is 2. The second-order valence-corrected chi connectivity index (χ2v) is 13.5. The first-order chi connectivity index (χ1) is 19.3. The molecule has 0 radical (unpaired) electrons. The summed E-state index contributed by atoms with van der Waals surface area (Å²) in [4.78, 5) is 2.34. The second-order valence-electron chi connectivity index (χ2n) is 12.7. The van der Waals surface area contributed by atoms with Crippen molar-refractivity contribution in [3.05, 3.63) is 92.1 Å². The number of hydrogen-bond donors (Lipinski definition) is 0. The maximum absolute atomic E-state index is 5.65. The van der Waals surface area contributed by atoms with Gasteiger partial charge in [0.15, 0.2) is 5.71 Å². The molecule has 4 nitrogen and oxygen atoms in total. The molecule has 0 unspecified atom stereocenters. The molecule has 41 heavy (non-hydrogen) atoms. The number of hydrogen-bond acceptors (Lipinski definition) is 3. The molecule has 3 aliphatic rings. The molecule has 0 amide bonds. The highest BCUT2D eigenvalue weighted by Gasteiger charge is 2.44. The molecule has 0 saturated heterocycles. The third-order valence-corrected chi connectivity index (χ3v) is 10.5. The van der Waals surface area contributed by atoms with Crippen molar-refractivity contribution in [2.45, 2.75) is 71.6 Å². The molecular formula is C36H44BrN2O2+. The van der Waals surface area contributed by atoms with Crippen LogP contribution >= 0.6 is 15.9 Å². The second kappa shape index (κ2) is 10.7. The summed E-state index contributed by atoms with van der Waals surface area (Å²) in [5, 5.41) is 0. The van der Waals surface area contributed by atoms with E-state index in [4.69, 9.17) is 9.47 Å². The number of methoxy groups -OCH3 is 2. The van der Waals surface area contributed by atoms with E-state index in [1.54, 1.807) is 14.2 Å². The van der Waals surface area contributed by atoms with Crippen LogP contribution in [0.3, 0.4) is 0 Å². The summed E-state index contributed by atoms with van der Waals surface area (Å²) in [6, 6.07) is 8.92. The van der Waals surface area contributed by atoms with E-state index in [2.05, 4.69) is 130 Å². The molecule has 2 aliphatic heterocycles. The Balaban J connectivity index is 1.46. The summed E-state index contributed by atoms with van der Waals surface area (Å²) in [5.74, 6) is 1.90. The molecule has 0 N–H and O–H groups in total. The minimum atomic E-state index is -0.110. The van der Waals surface area contributed by atoms with Gasteiger partial charge in [-0.3, -0.25) is 0 Å². The number of nitrogens with zero attached hydrogens (tertiary/aromatic N) is 2. The van der Waals surface area contributed by atoms with Crippen LogP contribution in [0.5, 0.6) is 11.5 Å². The van der Waals surface area contributed by atoms with Gasteiger partial charge < -0.3 is 14.4 Å². The zero-order chi connectivity index (χ0) is 29.9. The zero-order valence-corrected chi connectivity index (χ0v) is 27.9. The fourth-order valence-corrected chi connectivity index (χ4v) is 7.58. The van der Waals surface area contributed by atoms with E-state index in [0.29, 0.717) is 0 Å². The van der Waals surface area contributed by atoms with E-state index in [-0.39, 0.29) is 10.8 Å². The first-order valence-corrected chi connectivity index (χ1v) is 15.3. The Kier molecular flexibility index (Phi) is 7.65. The molecule has 0 aromatic heterocycles. The lowest BCUT2D eigenvalue weighted by atomic mass is 9.80. The van der Waals surface area contributed by atoms with Crippen LogP contribution in [0.25, 0.3) is 0 Å². The van der Waals surface area contributed by atoms with E-state index in [0.717, 1.165) is 41.9 Å². The number of halogens is 1. The van der Waals surface area contributed by atoms with Crippen LogP contribution < -0.4 is 14.4 Å². The number of anilines is 1. The Morgan fingerprint density at radius 1 is 0.854 bits per heavy atom.